The average Bonchev–Trinajstić information content (AvgIpc) is 3.40. The summed E-state index contributed by atoms with van der Waals surface area (Å²) in [6, 6.07) is -0.896. The van der Waals surface area contributed by atoms with Crippen LogP contribution in [-0.4, -0.2) is 69.4 Å². The van der Waals surface area contributed by atoms with Gasteiger partial charge in [-0.15, -0.1) is 0 Å². The third-order valence-electron chi connectivity index (χ3n) is 14.7. The first-order valence-electron chi connectivity index (χ1n) is 33.1. The summed E-state index contributed by atoms with van der Waals surface area (Å²) in [7, 11) is 1.18. The molecular formula is C68H127N2O7P. The smallest absolute Gasteiger partial charge is 0.306 e. The van der Waals surface area contributed by atoms with Crippen molar-refractivity contribution in [3.05, 3.63) is 60.8 Å². The van der Waals surface area contributed by atoms with Gasteiger partial charge in [-0.3, -0.25) is 14.2 Å². The number of carbonyl (C=O) groups is 2. The summed E-state index contributed by atoms with van der Waals surface area (Å²) in [6.07, 6.45) is 73.3. The number of amides is 1. The lowest BCUT2D eigenvalue weighted by molar-refractivity contribution is -0.870. The summed E-state index contributed by atoms with van der Waals surface area (Å²) < 4.78 is 30.4. The average molecular weight is 1120 g/mol. The van der Waals surface area contributed by atoms with Gasteiger partial charge in [0.05, 0.1) is 33.8 Å². The number of rotatable bonds is 60. The third-order valence-corrected chi connectivity index (χ3v) is 15.6. The lowest BCUT2D eigenvalue weighted by atomic mass is 10.0. The summed E-state index contributed by atoms with van der Waals surface area (Å²) in [5.74, 6) is -0.547. The molecule has 3 atom stereocenters. The number of esters is 1. The molecule has 0 rings (SSSR count). The van der Waals surface area contributed by atoms with Crippen LogP contribution in [0.15, 0.2) is 60.8 Å². The molecule has 0 aromatic heterocycles. The second kappa shape index (κ2) is 57.9. The van der Waals surface area contributed by atoms with Gasteiger partial charge in [0.1, 0.15) is 19.3 Å². The number of phosphoric acid groups is 1. The lowest BCUT2D eigenvalue weighted by Crippen LogP contribution is -2.47. The molecule has 0 aliphatic heterocycles. The highest BCUT2D eigenvalue weighted by atomic mass is 31.2. The molecule has 0 aromatic rings. The molecule has 0 heterocycles. The first-order valence-corrected chi connectivity index (χ1v) is 34.6. The maximum atomic E-state index is 13.5. The molecule has 1 N–H and O–H groups in total. The van der Waals surface area contributed by atoms with Crippen LogP contribution in [0.5, 0.6) is 0 Å². The Balaban J connectivity index is 5.17. The molecule has 0 saturated carbocycles. The van der Waals surface area contributed by atoms with Crippen molar-refractivity contribution >= 4 is 19.7 Å². The molecular weight excluding hydrogens is 988 g/mol. The van der Waals surface area contributed by atoms with Crippen LogP contribution in [0.2, 0.25) is 0 Å². The van der Waals surface area contributed by atoms with E-state index in [1.54, 1.807) is 0 Å². The zero-order chi connectivity index (χ0) is 57.2. The van der Waals surface area contributed by atoms with E-state index in [0.29, 0.717) is 17.4 Å². The van der Waals surface area contributed by atoms with Crippen molar-refractivity contribution in [2.75, 3.05) is 40.9 Å². The van der Waals surface area contributed by atoms with Gasteiger partial charge in [0.15, 0.2) is 0 Å². The number of nitrogens with one attached hydrogen (secondary N) is 1. The van der Waals surface area contributed by atoms with Crippen LogP contribution in [0.4, 0.5) is 0 Å². The lowest BCUT2D eigenvalue weighted by Gasteiger charge is -2.30. The van der Waals surface area contributed by atoms with Crippen LogP contribution in [0, 0.1) is 0 Å². The van der Waals surface area contributed by atoms with E-state index >= 15 is 0 Å². The highest BCUT2D eigenvalue weighted by Crippen LogP contribution is 2.38. The number of hydrogen-bond acceptors (Lipinski definition) is 7. The Kier molecular flexibility index (Phi) is 56.2. The van der Waals surface area contributed by atoms with Crippen LogP contribution < -0.4 is 10.2 Å². The Morgan fingerprint density at radius 3 is 1.24 bits per heavy atom. The van der Waals surface area contributed by atoms with Gasteiger partial charge in [0.25, 0.3) is 7.82 Å². The largest absolute Gasteiger partial charge is 0.756 e. The van der Waals surface area contributed by atoms with Crippen molar-refractivity contribution in [2.24, 2.45) is 0 Å². The molecule has 10 heteroatoms. The van der Waals surface area contributed by atoms with Crippen molar-refractivity contribution in [1.82, 2.24) is 5.32 Å². The van der Waals surface area contributed by atoms with E-state index in [1.807, 2.05) is 33.3 Å². The van der Waals surface area contributed by atoms with E-state index in [-0.39, 0.29) is 24.9 Å². The molecule has 0 fully saturated rings. The van der Waals surface area contributed by atoms with Gasteiger partial charge < -0.3 is 28.5 Å². The van der Waals surface area contributed by atoms with E-state index in [0.717, 1.165) is 103 Å². The van der Waals surface area contributed by atoms with Gasteiger partial charge in [0.2, 0.25) is 5.91 Å². The maximum absolute atomic E-state index is 13.5. The number of likely N-dealkylation sites (N-methyl/N-ethyl adjacent to an activating group) is 1. The van der Waals surface area contributed by atoms with Crippen molar-refractivity contribution in [3.63, 3.8) is 0 Å². The minimum absolute atomic E-state index is 0.0255. The van der Waals surface area contributed by atoms with E-state index in [2.05, 4.69) is 74.7 Å². The number of quaternary nitrogens is 1. The second-order valence-corrected chi connectivity index (χ2v) is 25.0. The van der Waals surface area contributed by atoms with Crippen LogP contribution in [0.25, 0.3) is 0 Å². The quantitative estimate of drug-likeness (QED) is 0.0212. The standard InChI is InChI=1S/C68H127N2O7P/c1-7-10-13-16-19-22-25-28-30-32-33-34-35-36-37-38-40-43-46-49-52-55-58-61-68(72)77-66(59-56-53-50-47-44-41-27-24-21-18-15-12-9-3)65(64-76-78(73,74)75-63-62-70(4,5)6)69-67(71)60-57-54-51-48-45-42-39-31-29-26-23-20-17-14-11-8-2/h11,14,20,23,28-31,56,59,65-66H,7-10,12-13,15-19,21-22,24-27,32-55,57-58,60-64H2,1-6H3,(H-,69,71,73,74)/b14-11+,23-20+,30-28+,31-29+,59-56-. The Bertz CT molecular complexity index is 1520. The molecule has 0 aromatic carbocycles. The van der Waals surface area contributed by atoms with Gasteiger partial charge in [-0.25, -0.2) is 0 Å². The first-order chi connectivity index (χ1) is 37.9. The molecule has 9 nitrogen and oxygen atoms in total. The summed E-state index contributed by atoms with van der Waals surface area (Å²) >= 11 is 0. The predicted molar refractivity (Wildman–Crippen MR) is 335 cm³/mol. The number of carbonyl (C=O) groups excluding carboxylic acids is 2. The summed E-state index contributed by atoms with van der Waals surface area (Å²) in [6.45, 7) is 6.75. The Hall–Kier alpha value is -2.29. The second-order valence-electron chi connectivity index (χ2n) is 23.6. The molecule has 78 heavy (non-hydrogen) atoms. The molecule has 0 saturated heterocycles. The predicted octanol–water partition coefficient (Wildman–Crippen LogP) is 20.0. The van der Waals surface area contributed by atoms with Gasteiger partial charge in [-0.1, -0.05) is 268 Å². The van der Waals surface area contributed by atoms with Crippen molar-refractivity contribution in [3.8, 4) is 0 Å². The molecule has 0 aliphatic carbocycles. The molecule has 0 aliphatic rings. The number of unbranched alkanes of at least 4 members (excludes halogenated alkanes) is 36. The summed E-state index contributed by atoms with van der Waals surface area (Å²) in [5, 5.41) is 3.03. The molecule has 0 spiro atoms. The van der Waals surface area contributed by atoms with Crippen LogP contribution in [-0.2, 0) is 27.9 Å². The number of phosphoric ester groups is 1. The van der Waals surface area contributed by atoms with E-state index in [9.17, 15) is 19.0 Å². The van der Waals surface area contributed by atoms with Crippen molar-refractivity contribution in [1.29, 1.82) is 0 Å². The number of allylic oxidation sites excluding steroid dienone is 9. The SMILES string of the molecule is CC/C=C/C/C=C/C/C=C/CCCCCCCCC(=O)NC(COP(=O)([O-])OCC[N+](C)(C)C)C(/C=C\CCCCCCCCCCCCC)OC(=O)CCCCCCCCCCCCCCC/C=C/CCCCCCCC. The monoisotopic (exact) mass is 1110 g/mol. The van der Waals surface area contributed by atoms with E-state index in [4.69, 9.17) is 13.8 Å². The Morgan fingerprint density at radius 1 is 0.462 bits per heavy atom. The normalized spacial score (nSPS) is 14.0. The summed E-state index contributed by atoms with van der Waals surface area (Å²) in [4.78, 5) is 40.1. The topological polar surface area (TPSA) is 114 Å². The molecule has 1 amide bonds. The highest BCUT2D eigenvalue weighted by molar-refractivity contribution is 7.45. The van der Waals surface area contributed by atoms with Crippen LogP contribution in [0.1, 0.15) is 310 Å². The number of ether oxygens (including phenoxy) is 1. The molecule has 3 unspecified atom stereocenters. The highest BCUT2D eigenvalue weighted by Gasteiger charge is 2.27. The van der Waals surface area contributed by atoms with E-state index < -0.39 is 26.6 Å². The van der Waals surface area contributed by atoms with Crippen LogP contribution in [0.3, 0.4) is 0 Å². The van der Waals surface area contributed by atoms with E-state index in [1.165, 1.54) is 173 Å². The minimum atomic E-state index is -4.70. The molecule has 0 radical (unpaired) electrons. The number of hydrogen-bond donors (Lipinski definition) is 1. The van der Waals surface area contributed by atoms with Gasteiger partial charge in [-0.05, 0) is 89.5 Å². The van der Waals surface area contributed by atoms with Crippen molar-refractivity contribution in [2.45, 2.75) is 322 Å². The first kappa shape index (κ1) is 75.7. The van der Waals surface area contributed by atoms with Gasteiger partial charge >= 0.3 is 5.97 Å². The maximum Gasteiger partial charge on any atom is 0.306 e. The van der Waals surface area contributed by atoms with Crippen molar-refractivity contribution < 1.29 is 37.3 Å². The van der Waals surface area contributed by atoms with Crippen LogP contribution >= 0.6 is 7.82 Å². The van der Waals surface area contributed by atoms with Gasteiger partial charge in [-0.2, -0.15) is 0 Å². The summed E-state index contributed by atoms with van der Waals surface area (Å²) in [5.41, 5.74) is 0. The fraction of sp³-hybridized carbons (Fsp3) is 0.824. The minimum Gasteiger partial charge on any atom is -0.756 e. The zero-order valence-electron chi connectivity index (χ0n) is 52.1. The Morgan fingerprint density at radius 2 is 0.821 bits per heavy atom. The molecule has 0 bridgehead atoms. The zero-order valence-corrected chi connectivity index (χ0v) is 53.0. The Labute approximate surface area is 483 Å². The fourth-order valence-corrected chi connectivity index (χ4v) is 10.3. The molecule has 456 valence electrons. The third kappa shape index (κ3) is 58.4. The fourth-order valence-electron chi connectivity index (χ4n) is 9.59. The van der Waals surface area contributed by atoms with Gasteiger partial charge in [0, 0.05) is 12.8 Å². The number of nitrogens with zero attached hydrogens (tertiary/aromatic N) is 1.